The molecule has 1 amide bonds. The van der Waals surface area contributed by atoms with Gasteiger partial charge in [-0.15, -0.1) is 0 Å². The molecular formula is C22H21FN2O. The molecular weight excluding hydrogens is 327 g/mol. The molecule has 0 aliphatic rings. The van der Waals surface area contributed by atoms with Crippen molar-refractivity contribution in [1.82, 2.24) is 5.32 Å². The number of nitrogens with one attached hydrogen (secondary N) is 2. The fourth-order valence-electron chi connectivity index (χ4n) is 2.80. The topological polar surface area (TPSA) is 41.1 Å². The van der Waals surface area contributed by atoms with Gasteiger partial charge in [0.15, 0.2) is 0 Å². The van der Waals surface area contributed by atoms with Gasteiger partial charge in [-0.3, -0.25) is 10.1 Å². The molecule has 3 nitrogen and oxygen atoms in total. The first-order valence-corrected chi connectivity index (χ1v) is 8.56. The predicted molar refractivity (Wildman–Crippen MR) is 102 cm³/mol. The van der Waals surface area contributed by atoms with Crippen LogP contribution in [-0.4, -0.2) is 5.91 Å². The third kappa shape index (κ3) is 4.55. The summed E-state index contributed by atoms with van der Waals surface area (Å²) in [4.78, 5) is 12.9. The maximum atomic E-state index is 13.1. The lowest BCUT2D eigenvalue weighted by atomic mass is 10.0. The van der Waals surface area contributed by atoms with Crippen molar-refractivity contribution in [2.24, 2.45) is 0 Å². The minimum atomic E-state index is -0.531. The van der Waals surface area contributed by atoms with Crippen LogP contribution in [0.1, 0.15) is 30.1 Å². The summed E-state index contributed by atoms with van der Waals surface area (Å²) in [6, 6.07) is 24.7. The largest absolute Gasteiger partial charge is 0.324 e. The van der Waals surface area contributed by atoms with Gasteiger partial charge >= 0.3 is 0 Å². The van der Waals surface area contributed by atoms with E-state index in [0.29, 0.717) is 5.69 Å². The normalized spacial score (nSPS) is 13.0. The summed E-state index contributed by atoms with van der Waals surface area (Å²) in [5.74, 6) is -0.524. The van der Waals surface area contributed by atoms with Gasteiger partial charge in [0.05, 0.1) is 0 Å². The van der Waals surface area contributed by atoms with Gasteiger partial charge in [-0.2, -0.15) is 0 Å². The van der Waals surface area contributed by atoms with Gasteiger partial charge in [-0.05, 0) is 42.3 Å². The number of halogens is 1. The highest BCUT2D eigenvalue weighted by molar-refractivity contribution is 5.95. The third-order valence-corrected chi connectivity index (χ3v) is 4.22. The fourth-order valence-corrected chi connectivity index (χ4v) is 2.80. The minimum absolute atomic E-state index is 0.0135. The Morgan fingerprint density at radius 3 is 1.92 bits per heavy atom. The van der Waals surface area contributed by atoms with Gasteiger partial charge in [0, 0.05) is 11.7 Å². The van der Waals surface area contributed by atoms with E-state index < -0.39 is 6.04 Å². The van der Waals surface area contributed by atoms with E-state index in [2.05, 4.69) is 10.6 Å². The van der Waals surface area contributed by atoms with Crippen LogP contribution in [0.25, 0.3) is 0 Å². The Kier molecular flexibility index (Phi) is 5.77. The first-order valence-electron chi connectivity index (χ1n) is 8.56. The smallest absolute Gasteiger partial charge is 0.246 e. The average Bonchev–Trinajstić information content (AvgIpc) is 2.69. The molecule has 0 fully saturated rings. The molecule has 0 spiro atoms. The van der Waals surface area contributed by atoms with Gasteiger partial charge in [-0.25, -0.2) is 4.39 Å². The van der Waals surface area contributed by atoms with Gasteiger partial charge in [0.25, 0.3) is 0 Å². The Morgan fingerprint density at radius 1 is 0.808 bits per heavy atom. The molecule has 0 radical (unpaired) electrons. The van der Waals surface area contributed by atoms with Crippen LogP contribution in [0.5, 0.6) is 0 Å². The van der Waals surface area contributed by atoms with Crippen molar-refractivity contribution in [3.8, 4) is 0 Å². The number of rotatable bonds is 6. The zero-order valence-electron chi connectivity index (χ0n) is 14.5. The summed E-state index contributed by atoms with van der Waals surface area (Å²) >= 11 is 0. The van der Waals surface area contributed by atoms with E-state index >= 15 is 0 Å². The number of amides is 1. The molecule has 0 aliphatic carbocycles. The Balaban J connectivity index is 1.81. The number of carbonyl (C=O) groups excluding carboxylic acids is 1. The van der Waals surface area contributed by atoms with E-state index in [9.17, 15) is 9.18 Å². The van der Waals surface area contributed by atoms with Gasteiger partial charge in [-0.1, -0.05) is 60.7 Å². The van der Waals surface area contributed by atoms with Crippen LogP contribution in [0.3, 0.4) is 0 Å². The second-order valence-corrected chi connectivity index (χ2v) is 6.14. The Morgan fingerprint density at radius 2 is 1.35 bits per heavy atom. The minimum Gasteiger partial charge on any atom is -0.324 e. The number of hydrogen-bond donors (Lipinski definition) is 2. The highest BCUT2D eigenvalue weighted by Gasteiger charge is 2.23. The summed E-state index contributed by atoms with van der Waals surface area (Å²) in [7, 11) is 0. The van der Waals surface area contributed by atoms with E-state index in [1.807, 2.05) is 67.6 Å². The maximum absolute atomic E-state index is 13.1. The van der Waals surface area contributed by atoms with Gasteiger partial charge in [0.2, 0.25) is 5.91 Å². The molecule has 2 N–H and O–H groups in total. The van der Waals surface area contributed by atoms with Crippen LogP contribution in [-0.2, 0) is 4.79 Å². The van der Waals surface area contributed by atoms with Crippen LogP contribution < -0.4 is 10.6 Å². The molecule has 2 atom stereocenters. The predicted octanol–water partition coefficient (Wildman–Crippen LogP) is 4.86. The zero-order valence-corrected chi connectivity index (χ0v) is 14.5. The van der Waals surface area contributed by atoms with Crippen LogP contribution in [0.2, 0.25) is 0 Å². The summed E-state index contributed by atoms with van der Waals surface area (Å²) in [6.45, 7) is 2.02. The second-order valence-electron chi connectivity index (χ2n) is 6.14. The summed E-state index contributed by atoms with van der Waals surface area (Å²) < 4.78 is 13.1. The van der Waals surface area contributed by atoms with Crippen LogP contribution >= 0.6 is 0 Å². The van der Waals surface area contributed by atoms with Crippen molar-refractivity contribution in [2.75, 3.05) is 5.32 Å². The molecule has 0 saturated carbocycles. The van der Waals surface area contributed by atoms with Crippen LogP contribution in [0.15, 0.2) is 84.9 Å². The first-order chi connectivity index (χ1) is 12.6. The van der Waals surface area contributed by atoms with Crippen LogP contribution in [0.4, 0.5) is 10.1 Å². The van der Waals surface area contributed by atoms with E-state index in [-0.39, 0.29) is 17.8 Å². The van der Waals surface area contributed by atoms with Crippen molar-refractivity contribution in [1.29, 1.82) is 0 Å². The summed E-state index contributed by atoms with van der Waals surface area (Å²) in [5, 5.41) is 6.25. The van der Waals surface area contributed by atoms with Gasteiger partial charge in [0.1, 0.15) is 11.9 Å². The standard InChI is InChI=1S/C22H21FN2O/c1-16(17-8-4-2-5-9-17)24-21(18-10-6-3-7-11-18)22(26)25-20-14-12-19(23)13-15-20/h2-16,21,24H,1H3,(H,25,26)/t16-,21+/m1/s1. The Hall–Kier alpha value is -2.98. The zero-order chi connectivity index (χ0) is 18.4. The summed E-state index contributed by atoms with van der Waals surface area (Å²) in [6.07, 6.45) is 0. The maximum Gasteiger partial charge on any atom is 0.246 e. The molecule has 3 aromatic carbocycles. The average molecular weight is 348 g/mol. The SMILES string of the molecule is C[C@@H](N[C@H](C(=O)Nc1ccc(F)cc1)c1ccccc1)c1ccccc1. The second kappa shape index (κ2) is 8.41. The Labute approximate surface area is 152 Å². The molecule has 0 unspecified atom stereocenters. The van der Waals surface area contributed by atoms with Crippen LogP contribution in [0, 0.1) is 5.82 Å². The molecule has 0 aromatic heterocycles. The molecule has 0 saturated heterocycles. The van der Waals surface area contributed by atoms with Crippen molar-refractivity contribution in [3.63, 3.8) is 0 Å². The third-order valence-electron chi connectivity index (χ3n) is 4.22. The van der Waals surface area contributed by atoms with E-state index in [0.717, 1.165) is 11.1 Å². The lowest BCUT2D eigenvalue weighted by molar-refractivity contribution is -0.118. The lowest BCUT2D eigenvalue weighted by Gasteiger charge is -2.23. The van der Waals surface area contributed by atoms with Crippen molar-refractivity contribution in [3.05, 3.63) is 102 Å². The summed E-state index contributed by atoms with van der Waals surface area (Å²) in [5.41, 5.74) is 2.53. The lowest BCUT2D eigenvalue weighted by Crippen LogP contribution is -2.34. The number of anilines is 1. The van der Waals surface area contributed by atoms with E-state index in [4.69, 9.17) is 0 Å². The molecule has 132 valence electrons. The molecule has 3 aromatic rings. The highest BCUT2D eigenvalue weighted by Crippen LogP contribution is 2.21. The molecule has 0 aliphatic heterocycles. The van der Waals surface area contributed by atoms with Crippen molar-refractivity contribution < 1.29 is 9.18 Å². The van der Waals surface area contributed by atoms with Gasteiger partial charge < -0.3 is 5.32 Å². The highest BCUT2D eigenvalue weighted by atomic mass is 19.1. The molecule has 0 bridgehead atoms. The van der Waals surface area contributed by atoms with Crippen molar-refractivity contribution >= 4 is 11.6 Å². The van der Waals surface area contributed by atoms with E-state index in [1.54, 1.807) is 12.1 Å². The quantitative estimate of drug-likeness (QED) is 0.668. The van der Waals surface area contributed by atoms with E-state index in [1.165, 1.54) is 12.1 Å². The fraction of sp³-hybridized carbons (Fsp3) is 0.136. The number of carbonyl (C=O) groups is 1. The Bertz CT molecular complexity index is 835. The van der Waals surface area contributed by atoms with Crippen molar-refractivity contribution in [2.45, 2.75) is 19.0 Å². The molecule has 3 rings (SSSR count). The molecule has 26 heavy (non-hydrogen) atoms. The number of benzene rings is 3. The number of hydrogen-bond acceptors (Lipinski definition) is 2. The molecule has 4 heteroatoms. The monoisotopic (exact) mass is 348 g/mol. The molecule has 0 heterocycles. The first kappa shape index (κ1) is 17.8.